The van der Waals surface area contributed by atoms with Crippen LogP contribution >= 0.6 is 12.2 Å². The molecule has 1 aliphatic rings. The van der Waals surface area contributed by atoms with Gasteiger partial charge in [-0.2, -0.15) is 0 Å². The van der Waals surface area contributed by atoms with E-state index in [0.717, 1.165) is 11.4 Å². The van der Waals surface area contributed by atoms with Crippen LogP contribution in [-0.4, -0.2) is 32.8 Å². The molecule has 34 heavy (non-hydrogen) atoms. The van der Waals surface area contributed by atoms with Crippen LogP contribution in [0.2, 0.25) is 0 Å². The van der Waals surface area contributed by atoms with Gasteiger partial charge in [-0.1, -0.05) is 30.3 Å². The minimum absolute atomic E-state index is 0.117. The lowest BCUT2D eigenvalue weighted by atomic mass is 10.00. The normalized spacial score (nSPS) is 17.4. The summed E-state index contributed by atoms with van der Waals surface area (Å²) in [6, 6.07) is 23.3. The Kier molecular flexibility index (Phi) is 5.73. The number of carbonyl (C=O) groups excluding carboxylic acids is 1. The molecule has 1 aliphatic heterocycles. The van der Waals surface area contributed by atoms with E-state index in [9.17, 15) is 9.90 Å². The van der Waals surface area contributed by atoms with E-state index in [2.05, 4.69) is 10.3 Å². The molecular formula is C26H22N4O3S. The van der Waals surface area contributed by atoms with Crippen LogP contribution in [-0.2, 0) is 4.74 Å². The van der Waals surface area contributed by atoms with Crippen molar-refractivity contribution in [1.82, 2.24) is 14.9 Å². The quantitative estimate of drug-likeness (QED) is 0.327. The number of rotatable bonds is 5. The number of para-hydroxylation sites is 3. The Labute approximate surface area is 202 Å². The van der Waals surface area contributed by atoms with E-state index in [4.69, 9.17) is 17.0 Å². The van der Waals surface area contributed by atoms with Gasteiger partial charge in [0.25, 0.3) is 0 Å². The van der Waals surface area contributed by atoms with Crippen molar-refractivity contribution >= 4 is 29.0 Å². The van der Waals surface area contributed by atoms with Gasteiger partial charge in [-0.3, -0.25) is 4.98 Å². The van der Waals surface area contributed by atoms with Gasteiger partial charge in [-0.15, -0.1) is 0 Å². The number of anilines is 1. The van der Waals surface area contributed by atoms with Gasteiger partial charge >= 0.3 is 5.97 Å². The fourth-order valence-corrected chi connectivity index (χ4v) is 4.74. The smallest absolute Gasteiger partial charge is 0.339 e. The zero-order valence-corrected chi connectivity index (χ0v) is 19.1. The second-order valence-electron chi connectivity index (χ2n) is 7.80. The van der Waals surface area contributed by atoms with Crippen molar-refractivity contribution in [3.05, 3.63) is 108 Å². The van der Waals surface area contributed by atoms with Crippen LogP contribution in [0.5, 0.6) is 5.75 Å². The second-order valence-corrected chi connectivity index (χ2v) is 8.18. The number of aromatic hydroxyl groups is 1. The van der Waals surface area contributed by atoms with E-state index in [1.54, 1.807) is 30.5 Å². The zero-order valence-electron chi connectivity index (χ0n) is 18.3. The molecule has 2 atom stereocenters. The first-order valence-electron chi connectivity index (χ1n) is 10.7. The van der Waals surface area contributed by atoms with Gasteiger partial charge in [0.15, 0.2) is 5.11 Å². The number of ether oxygens (including phenoxy) is 1. The van der Waals surface area contributed by atoms with Crippen molar-refractivity contribution in [2.45, 2.75) is 12.1 Å². The first-order chi connectivity index (χ1) is 16.6. The highest BCUT2D eigenvalue weighted by atomic mass is 32.1. The van der Waals surface area contributed by atoms with E-state index in [-0.39, 0.29) is 17.8 Å². The topological polar surface area (TPSA) is 79.6 Å². The first-order valence-corrected chi connectivity index (χ1v) is 11.1. The van der Waals surface area contributed by atoms with Crippen LogP contribution in [0.25, 0.3) is 5.69 Å². The predicted molar refractivity (Wildman–Crippen MR) is 133 cm³/mol. The molecule has 2 N–H and O–H groups in total. The molecular weight excluding hydrogens is 448 g/mol. The van der Waals surface area contributed by atoms with Gasteiger partial charge in [-0.05, 0) is 60.7 Å². The van der Waals surface area contributed by atoms with Gasteiger partial charge in [0.1, 0.15) is 11.8 Å². The number of aromatic nitrogens is 2. The highest BCUT2D eigenvalue weighted by Crippen LogP contribution is 2.44. The average Bonchev–Trinajstić information content (AvgIpc) is 3.48. The monoisotopic (exact) mass is 470 g/mol. The number of phenolic OH excluding ortho intramolecular Hbond substituents is 1. The highest BCUT2D eigenvalue weighted by molar-refractivity contribution is 7.80. The van der Waals surface area contributed by atoms with Crippen molar-refractivity contribution in [1.29, 1.82) is 0 Å². The molecule has 0 spiro atoms. The third-order valence-electron chi connectivity index (χ3n) is 5.89. The summed E-state index contributed by atoms with van der Waals surface area (Å²) in [5.41, 5.74) is 3.38. The Morgan fingerprint density at radius 3 is 2.47 bits per heavy atom. The number of benzene rings is 2. The third-order valence-corrected chi connectivity index (χ3v) is 6.21. The lowest BCUT2D eigenvalue weighted by Crippen LogP contribution is -2.30. The Morgan fingerprint density at radius 1 is 1.00 bits per heavy atom. The van der Waals surface area contributed by atoms with Crippen LogP contribution in [0.1, 0.15) is 33.8 Å². The molecule has 1 fully saturated rings. The molecule has 8 heteroatoms. The molecule has 2 aromatic heterocycles. The third kappa shape index (κ3) is 3.68. The molecule has 0 unspecified atom stereocenters. The molecule has 0 radical (unpaired) electrons. The number of nitrogens with one attached hydrogen (secondary N) is 1. The number of phenols is 1. The molecule has 1 saturated heterocycles. The summed E-state index contributed by atoms with van der Waals surface area (Å²) in [4.78, 5) is 19.0. The number of nitrogens with zero attached hydrogens (tertiary/aromatic N) is 3. The molecule has 5 rings (SSSR count). The van der Waals surface area contributed by atoms with Crippen LogP contribution in [0.3, 0.4) is 0 Å². The maximum atomic E-state index is 12.5. The van der Waals surface area contributed by atoms with E-state index < -0.39 is 5.97 Å². The molecule has 0 amide bonds. The van der Waals surface area contributed by atoms with Crippen LogP contribution < -0.4 is 10.2 Å². The highest BCUT2D eigenvalue weighted by Gasteiger charge is 2.43. The van der Waals surface area contributed by atoms with Crippen LogP contribution in [0.4, 0.5) is 5.69 Å². The van der Waals surface area contributed by atoms with Crippen LogP contribution in [0.15, 0.2) is 91.3 Å². The Balaban J connectivity index is 1.71. The Bertz CT molecular complexity index is 1350. The van der Waals surface area contributed by atoms with E-state index in [1.165, 1.54) is 7.11 Å². The summed E-state index contributed by atoms with van der Waals surface area (Å²) >= 11 is 5.75. The van der Waals surface area contributed by atoms with E-state index in [1.807, 2.05) is 70.3 Å². The van der Waals surface area contributed by atoms with Crippen molar-refractivity contribution in [2.24, 2.45) is 0 Å². The molecule has 0 aliphatic carbocycles. The average molecular weight is 471 g/mol. The Hall–Kier alpha value is -4.17. The standard InChI is InChI=1S/C26H22N4O3S/c1-33-25(32)17-9-2-3-11-19(17)29-16-8-13-21(29)24-23(18-10-6-7-15-27-18)28-26(34)30(24)20-12-4-5-14-22(20)31/h2-16,23-24,31H,1H3,(H,28,34)/t23-,24+/m1/s1. The molecule has 2 aromatic carbocycles. The minimum atomic E-state index is -0.422. The van der Waals surface area contributed by atoms with Gasteiger partial charge in [0, 0.05) is 18.1 Å². The van der Waals surface area contributed by atoms with Crippen LogP contribution in [0, 0.1) is 0 Å². The summed E-state index contributed by atoms with van der Waals surface area (Å²) in [5, 5.41) is 14.5. The van der Waals surface area contributed by atoms with Gasteiger partial charge < -0.3 is 24.6 Å². The predicted octanol–water partition coefficient (Wildman–Crippen LogP) is 4.54. The Morgan fingerprint density at radius 2 is 1.74 bits per heavy atom. The number of pyridine rings is 1. The summed E-state index contributed by atoms with van der Waals surface area (Å²) in [6.45, 7) is 0. The van der Waals surface area contributed by atoms with Crippen molar-refractivity contribution < 1.29 is 14.6 Å². The van der Waals surface area contributed by atoms with Gasteiger partial charge in [0.2, 0.25) is 0 Å². The number of hydrogen-bond donors (Lipinski definition) is 2. The maximum Gasteiger partial charge on any atom is 0.339 e. The molecule has 3 heterocycles. The first kappa shape index (κ1) is 21.7. The second kappa shape index (κ2) is 8.99. The summed E-state index contributed by atoms with van der Waals surface area (Å²) < 4.78 is 6.97. The molecule has 0 bridgehead atoms. The van der Waals surface area contributed by atoms with Crippen molar-refractivity contribution in [2.75, 3.05) is 12.0 Å². The lowest BCUT2D eigenvalue weighted by molar-refractivity contribution is 0.0600. The molecule has 0 saturated carbocycles. The fraction of sp³-hybridized carbons (Fsp3) is 0.115. The van der Waals surface area contributed by atoms with Crippen molar-refractivity contribution in [3.8, 4) is 11.4 Å². The molecule has 7 nitrogen and oxygen atoms in total. The van der Waals surface area contributed by atoms with Gasteiger partial charge in [0.05, 0.1) is 35.8 Å². The SMILES string of the molecule is COC(=O)c1ccccc1-n1cccc1[C@H]1[C@@H](c2ccccn2)NC(=S)N1c1ccccc1O. The maximum absolute atomic E-state index is 12.5. The van der Waals surface area contributed by atoms with Gasteiger partial charge in [-0.25, -0.2) is 4.79 Å². The van der Waals surface area contributed by atoms with Crippen molar-refractivity contribution in [3.63, 3.8) is 0 Å². The number of esters is 1. The lowest BCUT2D eigenvalue weighted by Gasteiger charge is -2.29. The summed E-state index contributed by atoms with van der Waals surface area (Å²) in [7, 11) is 1.37. The minimum Gasteiger partial charge on any atom is -0.506 e. The molecule has 170 valence electrons. The molecule has 4 aromatic rings. The zero-order chi connectivity index (χ0) is 23.7. The number of hydrogen-bond acceptors (Lipinski definition) is 5. The number of carbonyl (C=O) groups is 1. The summed E-state index contributed by atoms with van der Waals surface area (Å²) in [5.74, 6) is -0.305. The summed E-state index contributed by atoms with van der Waals surface area (Å²) in [6.07, 6.45) is 3.64. The van der Waals surface area contributed by atoms with E-state index in [0.29, 0.717) is 22.1 Å². The van der Waals surface area contributed by atoms with E-state index >= 15 is 0 Å². The fourth-order valence-electron chi connectivity index (χ4n) is 4.40. The number of thiocarbonyl (C=S) groups is 1. The largest absolute Gasteiger partial charge is 0.506 e. The number of methoxy groups -OCH3 is 1.